The van der Waals surface area contributed by atoms with Gasteiger partial charge in [0.1, 0.15) is 0 Å². The summed E-state index contributed by atoms with van der Waals surface area (Å²) >= 11 is 0. The number of hydrogen-bond donors (Lipinski definition) is 0. The highest BCUT2D eigenvalue weighted by Gasteiger charge is 2.25. The molecule has 1 aliphatic heterocycles. The first-order valence-corrected chi connectivity index (χ1v) is 10.7. The van der Waals surface area contributed by atoms with E-state index in [1.54, 1.807) is 0 Å². The largest absolute Gasteiger partial charge is 0.293 e. The van der Waals surface area contributed by atoms with E-state index in [4.69, 9.17) is 0 Å². The Morgan fingerprint density at radius 3 is 2.37 bits per heavy atom. The molecule has 148 valence electrons. The van der Waals surface area contributed by atoms with Crippen LogP contribution in [-0.2, 0) is 13.1 Å². The lowest BCUT2D eigenvalue weighted by molar-refractivity contribution is 0.149. The standard InChI is InChI=1S/C24H37N3/c1-17(2)21-8-7-9-22(14-21)19(5)10-11-20(6)26-12-13-27-24(16-26)23(15-25-27)18(3)4/h7-9,14-15,17-20H,10-13,16H2,1-6H3. The van der Waals surface area contributed by atoms with Gasteiger partial charge in [-0.25, -0.2) is 0 Å². The van der Waals surface area contributed by atoms with Crippen molar-refractivity contribution in [2.75, 3.05) is 6.54 Å². The van der Waals surface area contributed by atoms with E-state index in [1.165, 1.54) is 35.2 Å². The molecule has 0 saturated heterocycles. The number of nitrogens with zero attached hydrogens (tertiary/aromatic N) is 3. The summed E-state index contributed by atoms with van der Waals surface area (Å²) in [7, 11) is 0. The van der Waals surface area contributed by atoms with Crippen molar-refractivity contribution in [2.24, 2.45) is 0 Å². The van der Waals surface area contributed by atoms with Crippen molar-refractivity contribution in [3.8, 4) is 0 Å². The minimum absolute atomic E-state index is 0.553. The molecule has 0 saturated carbocycles. The highest BCUT2D eigenvalue weighted by Crippen LogP contribution is 2.28. The van der Waals surface area contributed by atoms with Crippen LogP contribution in [0.15, 0.2) is 30.5 Å². The second-order valence-corrected chi connectivity index (χ2v) is 9.05. The maximum Gasteiger partial charge on any atom is 0.0559 e. The van der Waals surface area contributed by atoms with Crippen molar-refractivity contribution in [2.45, 2.75) is 91.3 Å². The second kappa shape index (κ2) is 8.60. The Balaban J connectivity index is 1.58. The van der Waals surface area contributed by atoms with Crippen LogP contribution in [0.2, 0.25) is 0 Å². The minimum atomic E-state index is 0.553. The third-order valence-electron chi connectivity index (χ3n) is 6.34. The van der Waals surface area contributed by atoms with Gasteiger partial charge in [-0.15, -0.1) is 0 Å². The summed E-state index contributed by atoms with van der Waals surface area (Å²) in [5.41, 5.74) is 5.80. The van der Waals surface area contributed by atoms with Crippen LogP contribution in [0.5, 0.6) is 0 Å². The fourth-order valence-electron chi connectivity index (χ4n) is 4.21. The summed E-state index contributed by atoms with van der Waals surface area (Å²) in [4.78, 5) is 2.65. The topological polar surface area (TPSA) is 21.1 Å². The number of rotatable bonds is 7. The van der Waals surface area contributed by atoms with Crippen molar-refractivity contribution in [1.29, 1.82) is 0 Å². The van der Waals surface area contributed by atoms with Gasteiger partial charge in [-0.2, -0.15) is 5.10 Å². The van der Waals surface area contributed by atoms with E-state index in [-0.39, 0.29) is 0 Å². The zero-order valence-corrected chi connectivity index (χ0v) is 18.1. The molecule has 0 radical (unpaired) electrons. The van der Waals surface area contributed by atoms with E-state index in [2.05, 4.69) is 86.7 Å². The van der Waals surface area contributed by atoms with Gasteiger partial charge >= 0.3 is 0 Å². The molecule has 0 amide bonds. The molecule has 1 aromatic carbocycles. The number of hydrogen-bond acceptors (Lipinski definition) is 2. The quantitative estimate of drug-likeness (QED) is 0.606. The Morgan fingerprint density at radius 1 is 0.926 bits per heavy atom. The van der Waals surface area contributed by atoms with Gasteiger partial charge in [-0.1, -0.05) is 58.9 Å². The summed E-state index contributed by atoms with van der Waals surface area (Å²) in [6, 6.07) is 9.81. The smallest absolute Gasteiger partial charge is 0.0559 e. The summed E-state index contributed by atoms with van der Waals surface area (Å²) in [6.07, 6.45) is 4.58. The molecule has 0 bridgehead atoms. The fourth-order valence-corrected chi connectivity index (χ4v) is 4.21. The lowest BCUT2D eigenvalue weighted by Gasteiger charge is -2.34. The second-order valence-electron chi connectivity index (χ2n) is 9.05. The van der Waals surface area contributed by atoms with Crippen molar-refractivity contribution in [3.63, 3.8) is 0 Å². The Morgan fingerprint density at radius 2 is 1.67 bits per heavy atom. The maximum atomic E-state index is 4.60. The van der Waals surface area contributed by atoms with Gasteiger partial charge in [0, 0.05) is 19.1 Å². The van der Waals surface area contributed by atoms with Crippen LogP contribution >= 0.6 is 0 Å². The van der Waals surface area contributed by atoms with E-state index >= 15 is 0 Å². The lowest BCUT2D eigenvalue weighted by atomic mass is 9.91. The van der Waals surface area contributed by atoms with Crippen LogP contribution in [0, 0.1) is 0 Å². The zero-order chi connectivity index (χ0) is 19.6. The molecule has 3 heteroatoms. The first-order chi connectivity index (χ1) is 12.9. The van der Waals surface area contributed by atoms with Gasteiger partial charge < -0.3 is 0 Å². The molecule has 2 aromatic rings. The molecule has 0 aliphatic carbocycles. The van der Waals surface area contributed by atoms with E-state index in [1.807, 2.05) is 0 Å². The van der Waals surface area contributed by atoms with Crippen molar-refractivity contribution in [3.05, 3.63) is 52.8 Å². The SMILES string of the molecule is CC(C)c1cccc(C(C)CCC(C)N2CCn3ncc(C(C)C)c3C2)c1. The zero-order valence-electron chi connectivity index (χ0n) is 18.1. The fraction of sp³-hybridized carbons (Fsp3) is 0.625. The summed E-state index contributed by atoms with van der Waals surface area (Å²) in [6.45, 7) is 17.1. The number of aromatic nitrogens is 2. The van der Waals surface area contributed by atoms with Crippen molar-refractivity contribution >= 4 is 0 Å². The Kier molecular flexibility index (Phi) is 6.41. The van der Waals surface area contributed by atoms with Crippen LogP contribution in [-0.4, -0.2) is 27.3 Å². The molecule has 0 fully saturated rings. The molecule has 3 nitrogen and oxygen atoms in total. The van der Waals surface area contributed by atoms with Crippen molar-refractivity contribution < 1.29 is 0 Å². The van der Waals surface area contributed by atoms with Gasteiger partial charge in [0.05, 0.1) is 18.4 Å². The minimum Gasteiger partial charge on any atom is -0.293 e. The lowest BCUT2D eigenvalue weighted by Crippen LogP contribution is -2.40. The number of benzene rings is 1. The summed E-state index contributed by atoms with van der Waals surface area (Å²) in [5, 5.41) is 4.60. The highest BCUT2D eigenvalue weighted by molar-refractivity contribution is 5.28. The molecule has 0 N–H and O–H groups in total. The normalized spacial score (nSPS) is 17.3. The maximum absolute atomic E-state index is 4.60. The third kappa shape index (κ3) is 4.63. The van der Waals surface area contributed by atoms with Gasteiger partial charge in [0.15, 0.2) is 0 Å². The van der Waals surface area contributed by atoms with E-state index in [9.17, 15) is 0 Å². The Hall–Kier alpha value is -1.61. The molecule has 3 rings (SSSR count). The average molecular weight is 368 g/mol. The molecule has 1 aromatic heterocycles. The molecule has 2 atom stereocenters. The van der Waals surface area contributed by atoms with Crippen LogP contribution in [0.25, 0.3) is 0 Å². The molecular formula is C24H37N3. The molecule has 0 spiro atoms. The predicted octanol–water partition coefficient (Wildman–Crippen LogP) is 5.92. The number of fused-ring (bicyclic) bond motifs is 1. The first-order valence-electron chi connectivity index (χ1n) is 10.7. The van der Waals surface area contributed by atoms with Gasteiger partial charge in [0.25, 0.3) is 0 Å². The summed E-state index contributed by atoms with van der Waals surface area (Å²) in [5.74, 6) is 1.77. The molecule has 2 heterocycles. The van der Waals surface area contributed by atoms with E-state index < -0.39 is 0 Å². The van der Waals surface area contributed by atoms with Crippen molar-refractivity contribution in [1.82, 2.24) is 14.7 Å². The molecule has 2 unspecified atom stereocenters. The van der Waals surface area contributed by atoms with Crippen LogP contribution < -0.4 is 0 Å². The summed E-state index contributed by atoms with van der Waals surface area (Å²) < 4.78 is 2.22. The molecular weight excluding hydrogens is 330 g/mol. The molecule has 27 heavy (non-hydrogen) atoms. The van der Waals surface area contributed by atoms with Crippen LogP contribution in [0.4, 0.5) is 0 Å². The average Bonchev–Trinajstić information content (AvgIpc) is 3.09. The molecule has 1 aliphatic rings. The van der Waals surface area contributed by atoms with E-state index in [0.29, 0.717) is 23.8 Å². The third-order valence-corrected chi connectivity index (χ3v) is 6.34. The highest BCUT2D eigenvalue weighted by atomic mass is 15.3. The van der Waals surface area contributed by atoms with Crippen LogP contribution in [0.3, 0.4) is 0 Å². The Bertz CT molecular complexity index is 744. The first kappa shape index (κ1) is 20.1. The monoisotopic (exact) mass is 367 g/mol. The van der Waals surface area contributed by atoms with Crippen LogP contribution in [0.1, 0.15) is 94.5 Å². The van der Waals surface area contributed by atoms with Gasteiger partial charge in [-0.3, -0.25) is 9.58 Å². The Labute approximate surface area is 165 Å². The predicted molar refractivity (Wildman–Crippen MR) is 114 cm³/mol. The van der Waals surface area contributed by atoms with Gasteiger partial charge in [-0.05, 0) is 54.2 Å². The van der Waals surface area contributed by atoms with Gasteiger partial charge in [0.2, 0.25) is 0 Å². The van der Waals surface area contributed by atoms with E-state index in [0.717, 1.165) is 19.6 Å².